The van der Waals surface area contributed by atoms with Crippen LogP contribution in [0, 0.1) is 5.82 Å². The van der Waals surface area contributed by atoms with Gasteiger partial charge in [0.2, 0.25) is 5.91 Å². The van der Waals surface area contributed by atoms with Crippen LogP contribution in [0.3, 0.4) is 0 Å². The maximum atomic E-state index is 14.7. The van der Waals surface area contributed by atoms with E-state index in [1.165, 1.54) is 6.07 Å². The van der Waals surface area contributed by atoms with Crippen molar-refractivity contribution in [1.29, 1.82) is 0 Å². The lowest BCUT2D eigenvalue weighted by Gasteiger charge is -2.34. The lowest BCUT2D eigenvalue weighted by atomic mass is 9.93. The fourth-order valence-corrected chi connectivity index (χ4v) is 6.06. The fourth-order valence-electron chi connectivity index (χ4n) is 6.06. The molecule has 0 radical (unpaired) electrons. The summed E-state index contributed by atoms with van der Waals surface area (Å²) in [5.41, 5.74) is 13.0. The van der Waals surface area contributed by atoms with E-state index in [1.54, 1.807) is 13.2 Å². The van der Waals surface area contributed by atoms with Gasteiger partial charge in [0.05, 0.1) is 5.52 Å². The first-order chi connectivity index (χ1) is 20.0. The Bertz CT molecular complexity index is 1450. The summed E-state index contributed by atoms with van der Waals surface area (Å²) < 4.78 is 22.2. The molecule has 1 amide bonds. The van der Waals surface area contributed by atoms with Gasteiger partial charge < -0.3 is 25.3 Å². The SMILES string of the molecule is CNc1ccc(-c2ccc(CC(N)CC(=O)N3CCCC(c4cc5c(F)cccc5n4CCCOC)C3)cc2)cc1. The predicted molar refractivity (Wildman–Crippen MR) is 165 cm³/mol. The van der Waals surface area contributed by atoms with Crippen molar-refractivity contribution >= 4 is 22.5 Å². The molecule has 0 bridgehead atoms. The van der Waals surface area contributed by atoms with Crippen LogP contribution >= 0.6 is 0 Å². The minimum absolute atomic E-state index is 0.0941. The topological polar surface area (TPSA) is 72.5 Å². The number of aryl methyl sites for hydroxylation is 1. The van der Waals surface area contributed by atoms with Crippen LogP contribution in [0.2, 0.25) is 0 Å². The van der Waals surface area contributed by atoms with E-state index in [4.69, 9.17) is 10.5 Å². The lowest BCUT2D eigenvalue weighted by molar-refractivity contribution is -0.132. The summed E-state index contributed by atoms with van der Waals surface area (Å²) in [6.45, 7) is 2.77. The highest BCUT2D eigenvalue weighted by Crippen LogP contribution is 2.33. The first-order valence-corrected chi connectivity index (χ1v) is 14.6. The minimum Gasteiger partial charge on any atom is -0.388 e. The van der Waals surface area contributed by atoms with Gasteiger partial charge in [-0.3, -0.25) is 4.79 Å². The Morgan fingerprint density at radius 2 is 1.83 bits per heavy atom. The van der Waals surface area contributed by atoms with E-state index in [0.717, 1.165) is 65.9 Å². The van der Waals surface area contributed by atoms with Crippen LogP contribution in [0.15, 0.2) is 72.8 Å². The minimum atomic E-state index is -0.252. The Balaban J connectivity index is 1.21. The molecule has 0 saturated carbocycles. The summed E-state index contributed by atoms with van der Waals surface area (Å²) in [5, 5.41) is 3.79. The molecule has 1 fully saturated rings. The van der Waals surface area contributed by atoms with Gasteiger partial charge in [-0.1, -0.05) is 42.5 Å². The van der Waals surface area contributed by atoms with Crippen LogP contribution < -0.4 is 11.1 Å². The Labute approximate surface area is 242 Å². The fraction of sp³-hybridized carbons (Fsp3) is 0.382. The number of piperidine rings is 1. The summed E-state index contributed by atoms with van der Waals surface area (Å²) in [5.74, 6) is 0.0494. The van der Waals surface area contributed by atoms with Crippen LogP contribution in [0.1, 0.15) is 42.9 Å². The van der Waals surface area contributed by atoms with Gasteiger partial charge in [-0.2, -0.15) is 0 Å². The van der Waals surface area contributed by atoms with Crippen molar-refractivity contribution in [3.8, 4) is 11.1 Å². The highest BCUT2D eigenvalue weighted by Gasteiger charge is 2.28. The average Bonchev–Trinajstić information content (AvgIpc) is 3.37. The summed E-state index contributed by atoms with van der Waals surface area (Å²) in [7, 11) is 3.61. The third-order valence-electron chi connectivity index (χ3n) is 8.24. The maximum absolute atomic E-state index is 14.7. The van der Waals surface area contributed by atoms with E-state index < -0.39 is 0 Å². The number of fused-ring (bicyclic) bond motifs is 1. The zero-order chi connectivity index (χ0) is 28.8. The molecule has 1 aliphatic heterocycles. The molecule has 1 aliphatic rings. The molecule has 0 aliphatic carbocycles. The normalized spacial score (nSPS) is 16.2. The Kier molecular flexibility index (Phi) is 9.37. The van der Waals surface area contributed by atoms with Crippen molar-refractivity contribution in [3.05, 3.63) is 89.9 Å². The number of nitrogens with zero attached hydrogens (tertiary/aromatic N) is 2. The van der Waals surface area contributed by atoms with E-state index in [9.17, 15) is 9.18 Å². The van der Waals surface area contributed by atoms with Crippen molar-refractivity contribution in [1.82, 2.24) is 9.47 Å². The second-order valence-electron chi connectivity index (χ2n) is 11.1. The number of hydrogen-bond acceptors (Lipinski definition) is 4. The van der Waals surface area contributed by atoms with E-state index in [2.05, 4.69) is 58.4 Å². The molecular weight excluding hydrogens is 515 g/mol. The first kappa shape index (κ1) is 28.8. The second-order valence-corrected chi connectivity index (χ2v) is 11.1. The molecule has 4 aromatic rings. The number of rotatable bonds is 11. The number of amides is 1. The Morgan fingerprint density at radius 3 is 2.54 bits per heavy atom. The molecule has 2 unspecified atom stereocenters. The summed E-state index contributed by atoms with van der Waals surface area (Å²) in [6.07, 6.45) is 3.70. The molecule has 1 aromatic heterocycles. The molecule has 7 heteroatoms. The number of carbonyl (C=O) groups excluding carboxylic acids is 1. The first-order valence-electron chi connectivity index (χ1n) is 14.6. The van der Waals surface area contributed by atoms with Gasteiger partial charge >= 0.3 is 0 Å². The number of ether oxygens (including phenoxy) is 1. The largest absolute Gasteiger partial charge is 0.388 e. The van der Waals surface area contributed by atoms with Crippen molar-refractivity contribution in [3.63, 3.8) is 0 Å². The van der Waals surface area contributed by atoms with Crippen molar-refractivity contribution in [2.45, 2.75) is 50.6 Å². The molecule has 216 valence electrons. The highest BCUT2D eigenvalue weighted by atomic mass is 19.1. The smallest absolute Gasteiger partial charge is 0.224 e. The third kappa shape index (κ3) is 6.80. The van der Waals surface area contributed by atoms with Crippen LogP contribution in [0.25, 0.3) is 22.0 Å². The number of nitrogens with two attached hydrogens (primary N) is 1. The average molecular weight is 557 g/mol. The molecule has 41 heavy (non-hydrogen) atoms. The zero-order valence-electron chi connectivity index (χ0n) is 24.1. The summed E-state index contributed by atoms with van der Waals surface area (Å²) in [4.78, 5) is 15.3. The molecule has 3 N–H and O–H groups in total. The highest BCUT2D eigenvalue weighted by molar-refractivity contribution is 5.82. The number of nitrogens with one attached hydrogen (secondary N) is 1. The predicted octanol–water partition coefficient (Wildman–Crippen LogP) is 6.19. The zero-order valence-corrected chi connectivity index (χ0v) is 24.1. The van der Waals surface area contributed by atoms with Crippen LogP contribution in [-0.4, -0.2) is 55.3 Å². The van der Waals surface area contributed by atoms with Gasteiger partial charge in [0.1, 0.15) is 5.82 Å². The van der Waals surface area contributed by atoms with Gasteiger partial charge in [0.15, 0.2) is 0 Å². The van der Waals surface area contributed by atoms with E-state index in [0.29, 0.717) is 31.4 Å². The number of anilines is 1. The van der Waals surface area contributed by atoms with Gasteiger partial charge in [0, 0.05) is 75.5 Å². The van der Waals surface area contributed by atoms with Crippen molar-refractivity contribution in [2.75, 3.05) is 39.2 Å². The van der Waals surface area contributed by atoms with Crippen LogP contribution in [0.5, 0.6) is 0 Å². The van der Waals surface area contributed by atoms with E-state index in [1.807, 2.05) is 24.1 Å². The van der Waals surface area contributed by atoms with Gasteiger partial charge in [-0.25, -0.2) is 4.39 Å². The Morgan fingerprint density at radius 1 is 1.10 bits per heavy atom. The number of carbonyl (C=O) groups is 1. The molecule has 2 heterocycles. The number of benzene rings is 3. The molecule has 2 atom stereocenters. The van der Waals surface area contributed by atoms with Gasteiger partial charge in [-0.15, -0.1) is 0 Å². The molecule has 5 rings (SSSR count). The second kappa shape index (κ2) is 13.3. The number of aromatic nitrogens is 1. The quantitative estimate of drug-likeness (QED) is 0.216. The molecule has 6 nitrogen and oxygen atoms in total. The summed E-state index contributed by atoms with van der Waals surface area (Å²) in [6, 6.07) is 23.8. The number of methoxy groups -OCH3 is 1. The monoisotopic (exact) mass is 556 g/mol. The van der Waals surface area contributed by atoms with Gasteiger partial charge in [0.25, 0.3) is 0 Å². The third-order valence-corrected chi connectivity index (χ3v) is 8.24. The summed E-state index contributed by atoms with van der Waals surface area (Å²) >= 11 is 0. The standard InChI is InChI=1S/C34H41FN4O2/c1-37-29-15-13-26(14-16-29)25-11-9-24(10-12-25)20-28(36)21-34(40)38-17-4-6-27(23-38)33-22-30-31(35)7-3-8-32(30)39(33)18-5-19-41-2/h3,7-16,22,27-28,37H,4-6,17-21,23,36H2,1-2H3. The number of halogens is 1. The maximum Gasteiger partial charge on any atom is 0.224 e. The van der Waals surface area contributed by atoms with E-state index in [-0.39, 0.29) is 23.7 Å². The lowest BCUT2D eigenvalue weighted by Crippen LogP contribution is -2.42. The molecular formula is C34H41FN4O2. The van der Waals surface area contributed by atoms with E-state index >= 15 is 0 Å². The number of hydrogen-bond donors (Lipinski definition) is 2. The van der Waals surface area contributed by atoms with Crippen molar-refractivity contribution < 1.29 is 13.9 Å². The van der Waals surface area contributed by atoms with Crippen LogP contribution in [-0.2, 0) is 22.5 Å². The van der Waals surface area contributed by atoms with Crippen molar-refractivity contribution in [2.24, 2.45) is 5.73 Å². The Hall–Kier alpha value is -3.68. The number of likely N-dealkylation sites (tertiary alicyclic amines) is 1. The van der Waals surface area contributed by atoms with Crippen LogP contribution in [0.4, 0.5) is 10.1 Å². The molecule has 1 saturated heterocycles. The molecule has 3 aromatic carbocycles. The van der Waals surface area contributed by atoms with Gasteiger partial charge in [-0.05, 0) is 72.7 Å². The molecule has 0 spiro atoms.